The van der Waals surface area contributed by atoms with Crippen LogP contribution < -0.4 is 16.4 Å². The summed E-state index contributed by atoms with van der Waals surface area (Å²) in [6, 6.07) is 11.1. The Bertz CT molecular complexity index is 980. The molecule has 0 atom stereocenters. The van der Waals surface area contributed by atoms with Crippen LogP contribution in [0, 0.1) is 21.4 Å². The minimum atomic E-state index is -0.891. The van der Waals surface area contributed by atoms with E-state index in [4.69, 9.17) is 22.6 Å². The van der Waals surface area contributed by atoms with Gasteiger partial charge in [-0.15, -0.1) is 0 Å². The number of nitro benzene ring substituents is 1. The molecule has 0 unspecified atom stereocenters. The second-order valence-corrected chi connectivity index (χ2v) is 5.55. The number of nitrogens with two attached hydrogens (primary N) is 1. The Morgan fingerprint density at radius 1 is 1.22 bits per heavy atom. The highest BCUT2D eigenvalue weighted by atomic mass is 35.5. The molecule has 2 amide bonds. The summed E-state index contributed by atoms with van der Waals surface area (Å²) in [6.45, 7) is 0. The summed E-state index contributed by atoms with van der Waals surface area (Å²) in [6.07, 6.45) is 0.930. The van der Waals surface area contributed by atoms with Crippen LogP contribution in [0.4, 0.5) is 17.1 Å². The third kappa shape index (κ3) is 5.04. The number of anilines is 2. The number of nitrogens with one attached hydrogen (secondary N) is 2. The molecule has 0 bridgehead atoms. The van der Waals surface area contributed by atoms with Crippen molar-refractivity contribution >= 4 is 40.5 Å². The van der Waals surface area contributed by atoms with E-state index in [1.165, 1.54) is 36.4 Å². The lowest BCUT2D eigenvalue weighted by Crippen LogP contribution is -2.21. The molecule has 0 aliphatic rings. The van der Waals surface area contributed by atoms with Gasteiger partial charge >= 0.3 is 0 Å². The van der Waals surface area contributed by atoms with Crippen molar-refractivity contribution in [2.24, 2.45) is 0 Å². The van der Waals surface area contributed by atoms with Crippen LogP contribution in [0.25, 0.3) is 0 Å². The van der Waals surface area contributed by atoms with Crippen molar-refractivity contribution < 1.29 is 14.5 Å². The van der Waals surface area contributed by atoms with E-state index >= 15 is 0 Å². The fourth-order valence-electron chi connectivity index (χ4n) is 1.92. The largest absolute Gasteiger partial charge is 0.399 e. The van der Waals surface area contributed by atoms with Gasteiger partial charge in [0.25, 0.3) is 17.5 Å². The Morgan fingerprint density at radius 3 is 2.48 bits per heavy atom. The first-order chi connectivity index (χ1) is 12.8. The predicted octanol–water partition coefficient (Wildman–Crippen LogP) is 2.61. The molecule has 0 heterocycles. The normalized spacial score (nSPS) is 10.6. The first-order valence-corrected chi connectivity index (χ1v) is 7.71. The number of nitrogens with zero attached hydrogens (tertiary/aromatic N) is 2. The van der Waals surface area contributed by atoms with E-state index in [9.17, 15) is 19.7 Å². The monoisotopic (exact) mass is 385 g/mol. The standard InChI is InChI=1S/C17H12ClN5O4/c18-14-6-5-13(23(26)27)7-15(14)22-17(25)11(8-19)9-21-16(24)10-1-3-12(20)4-2-10/h1-7,9H,20H2,(H,21,24)(H,22,25)/b11-9-. The summed E-state index contributed by atoms with van der Waals surface area (Å²) in [5, 5.41) is 24.6. The number of benzene rings is 2. The molecule has 2 aromatic rings. The Balaban J connectivity index is 2.14. The van der Waals surface area contributed by atoms with Crippen LogP contribution in [-0.2, 0) is 4.79 Å². The van der Waals surface area contributed by atoms with Crippen molar-refractivity contribution in [2.45, 2.75) is 0 Å². The molecule has 0 fully saturated rings. The maximum absolute atomic E-state index is 12.2. The highest BCUT2D eigenvalue weighted by molar-refractivity contribution is 6.34. The topological polar surface area (TPSA) is 151 Å². The lowest BCUT2D eigenvalue weighted by Gasteiger charge is -2.07. The van der Waals surface area contributed by atoms with E-state index in [2.05, 4.69) is 10.6 Å². The number of nitrogen functional groups attached to an aromatic ring is 1. The van der Waals surface area contributed by atoms with Crippen LogP contribution in [0.3, 0.4) is 0 Å². The molecule has 136 valence electrons. The van der Waals surface area contributed by atoms with Gasteiger partial charge in [0.2, 0.25) is 0 Å². The highest BCUT2D eigenvalue weighted by Crippen LogP contribution is 2.27. The van der Waals surface area contributed by atoms with Crippen molar-refractivity contribution in [1.29, 1.82) is 5.26 Å². The van der Waals surface area contributed by atoms with Gasteiger partial charge in [0.15, 0.2) is 0 Å². The molecule has 0 aliphatic heterocycles. The molecule has 27 heavy (non-hydrogen) atoms. The zero-order chi connectivity index (χ0) is 20.0. The number of carbonyl (C=O) groups excluding carboxylic acids is 2. The number of amides is 2. The maximum atomic E-state index is 12.2. The fraction of sp³-hybridized carbons (Fsp3) is 0. The number of nitro groups is 1. The van der Waals surface area contributed by atoms with Crippen molar-refractivity contribution in [3.8, 4) is 6.07 Å². The van der Waals surface area contributed by atoms with Gasteiger partial charge in [0.05, 0.1) is 15.6 Å². The number of rotatable bonds is 5. The Morgan fingerprint density at radius 2 is 1.89 bits per heavy atom. The summed E-state index contributed by atoms with van der Waals surface area (Å²) in [4.78, 5) is 34.3. The molecule has 2 rings (SSSR count). The van der Waals surface area contributed by atoms with E-state index in [-0.39, 0.29) is 22.0 Å². The molecule has 0 aromatic heterocycles. The number of nitriles is 1. The molecule has 10 heteroatoms. The van der Waals surface area contributed by atoms with Gasteiger partial charge in [-0.05, 0) is 30.3 Å². The fourth-order valence-corrected chi connectivity index (χ4v) is 2.08. The van der Waals surface area contributed by atoms with Crippen molar-refractivity contribution in [2.75, 3.05) is 11.1 Å². The third-order valence-corrected chi connectivity index (χ3v) is 3.62. The van der Waals surface area contributed by atoms with Gasteiger partial charge in [0.1, 0.15) is 11.6 Å². The van der Waals surface area contributed by atoms with Crippen LogP contribution in [-0.4, -0.2) is 16.7 Å². The molecule has 0 saturated heterocycles. The summed E-state index contributed by atoms with van der Waals surface area (Å²) >= 11 is 5.89. The molecule has 2 aromatic carbocycles. The second kappa shape index (κ2) is 8.46. The van der Waals surface area contributed by atoms with Gasteiger partial charge in [-0.3, -0.25) is 19.7 Å². The molecule has 9 nitrogen and oxygen atoms in total. The second-order valence-electron chi connectivity index (χ2n) is 5.14. The van der Waals surface area contributed by atoms with Gasteiger partial charge in [-0.25, -0.2) is 0 Å². The first kappa shape index (κ1) is 19.4. The van der Waals surface area contributed by atoms with E-state index < -0.39 is 22.3 Å². The number of non-ortho nitro benzene ring substituents is 1. The SMILES string of the molecule is N#C/C(=C/NC(=O)c1ccc(N)cc1)C(=O)Nc1cc([N+](=O)[O-])ccc1Cl. The molecular formula is C17H12ClN5O4. The maximum Gasteiger partial charge on any atom is 0.271 e. The zero-order valence-electron chi connectivity index (χ0n) is 13.6. The zero-order valence-corrected chi connectivity index (χ0v) is 14.4. The quantitative estimate of drug-likeness (QED) is 0.236. The number of hydrogen-bond acceptors (Lipinski definition) is 6. The number of halogens is 1. The van der Waals surface area contributed by atoms with Crippen molar-refractivity contribution in [1.82, 2.24) is 5.32 Å². The smallest absolute Gasteiger partial charge is 0.271 e. The van der Waals surface area contributed by atoms with Gasteiger partial charge in [0, 0.05) is 29.6 Å². The summed E-state index contributed by atoms with van der Waals surface area (Å²) in [5.41, 5.74) is 5.54. The first-order valence-electron chi connectivity index (χ1n) is 7.34. The lowest BCUT2D eigenvalue weighted by molar-refractivity contribution is -0.384. The van der Waals surface area contributed by atoms with E-state index in [1.807, 2.05) is 0 Å². The Labute approximate surface area is 158 Å². The highest BCUT2D eigenvalue weighted by Gasteiger charge is 2.15. The van der Waals surface area contributed by atoms with Crippen LogP contribution >= 0.6 is 11.6 Å². The van der Waals surface area contributed by atoms with Gasteiger partial charge < -0.3 is 16.4 Å². The molecule has 0 radical (unpaired) electrons. The minimum absolute atomic E-state index is 0.0399. The van der Waals surface area contributed by atoms with Gasteiger partial charge in [-0.1, -0.05) is 11.6 Å². The summed E-state index contributed by atoms with van der Waals surface area (Å²) < 4.78 is 0. The summed E-state index contributed by atoms with van der Waals surface area (Å²) in [7, 11) is 0. The van der Waals surface area contributed by atoms with E-state index in [0.717, 1.165) is 12.3 Å². The number of hydrogen-bond donors (Lipinski definition) is 3. The third-order valence-electron chi connectivity index (χ3n) is 3.29. The van der Waals surface area contributed by atoms with Crippen molar-refractivity contribution in [3.63, 3.8) is 0 Å². The van der Waals surface area contributed by atoms with Crippen LogP contribution in [0.5, 0.6) is 0 Å². The van der Waals surface area contributed by atoms with Crippen molar-refractivity contribution in [3.05, 3.63) is 74.9 Å². The predicted molar refractivity (Wildman–Crippen MR) is 98.8 cm³/mol. The molecule has 4 N–H and O–H groups in total. The van der Waals surface area contributed by atoms with Gasteiger partial charge in [-0.2, -0.15) is 5.26 Å². The Hall–Kier alpha value is -3.90. The minimum Gasteiger partial charge on any atom is -0.399 e. The molecular weight excluding hydrogens is 374 g/mol. The average Bonchev–Trinajstić information content (AvgIpc) is 2.64. The molecule has 0 aliphatic carbocycles. The number of carbonyl (C=O) groups is 2. The molecule has 0 saturated carbocycles. The Kier molecular flexibility index (Phi) is 6.09. The van der Waals surface area contributed by atoms with Crippen LogP contribution in [0.15, 0.2) is 54.2 Å². The van der Waals surface area contributed by atoms with E-state index in [0.29, 0.717) is 5.69 Å². The lowest BCUT2D eigenvalue weighted by atomic mass is 10.2. The van der Waals surface area contributed by atoms with E-state index in [1.54, 1.807) is 6.07 Å². The molecule has 0 spiro atoms. The van der Waals surface area contributed by atoms with Crippen LogP contribution in [0.2, 0.25) is 5.02 Å². The van der Waals surface area contributed by atoms with Crippen LogP contribution in [0.1, 0.15) is 10.4 Å². The summed E-state index contributed by atoms with van der Waals surface area (Å²) in [5.74, 6) is -1.44. The average molecular weight is 386 g/mol.